The van der Waals surface area contributed by atoms with Crippen molar-refractivity contribution in [2.75, 3.05) is 4.72 Å². The van der Waals surface area contributed by atoms with Crippen molar-refractivity contribution in [1.29, 1.82) is 0 Å². The van der Waals surface area contributed by atoms with Gasteiger partial charge in [-0.05, 0) is 22.0 Å². The molecule has 8 nitrogen and oxygen atoms in total. The SMILES string of the molecule is Cn1cc(NS(=O)(=O)c2cc([N+](=O)[O-])c(Br)cc2F)cn1. The first-order chi connectivity index (χ1) is 9.70. The highest BCUT2D eigenvalue weighted by Gasteiger charge is 2.25. The van der Waals surface area contributed by atoms with Crippen LogP contribution < -0.4 is 4.72 Å². The number of nitro groups is 1. The Labute approximate surface area is 126 Å². The monoisotopic (exact) mass is 378 g/mol. The average Bonchev–Trinajstić information content (AvgIpc) is 2.72. The van der Waals surface area contributed by atoms with Gasteiger partial charge < -0.3 is 0 Å². The lowest BCUT2D eigenvalue weighted by Crippen LogP contribution is -2.14. The Bertz CT molecular complexity index is 820. The summed E-state index contributed by atoms with van der Waals surface area (Å²) in [6, 6.07) is 1.38. The zero-order valence-corrected chi connectivity index (χ0v) is 12.9. The molecule has 0 spiro atoms. The summed E-state index contributed by atoms with van der Waals surface area (Å²) in [5, 5.41) is 14.6. The predicted octanol–water partition coefficient (Wildman–Crippen LogP) is 2.03. The molecule has 0 atom stereocenters. The summed E-state index contributed by atoms with van der Waals surface area (Å²) < 4.78 is 41.3. The highest BCUT2D eigenvalue weighted by atomic mass is 79.9. The van der Waals surface area contributed by atoms with Gasteiger partial charge in [0.2, 0.25) is 0 Å². The number of halogens is 2. The number of nitrogens with one attached hydrogen (secondary N) is 1. The van der Waals surface area contributed by atoms with E-state index in [9.17, 15) is 22.9 Å². The molecule has 0 aliphatic heterocycles. The smallest absolute Gasteiger partial charge is 0.276 e. The van der Waals surface area contributed by atoms with E-state index in [0.717, 1.165) is 6.07 Å². The van der Waals surface area contributed by atoms with E-state index in [4.69, 9.17) is 0 Å². The van der Waals surface area contributed by atoms with E-state index in [1.807, 2.05) is 0 Å². The molecule has 0 amide bonds. The molecule has 2 rings (SSSR count). The van der Waals surface area contributed by atoms with Crippen LogP contribution in [0.4, 0.5) is 15.8 Å². The number of nitrogens with zero attached hydrogens (tertiary/aromatic N) is 3. The fourth-order valence-corrected chi connectivity index (χ4v) is 3.12. The molecular formula is C10H8BrFN4O4S. The Morgan fingerprint density at radius 3 is 2.67 bits per heavy atom. The minimum absolute atomic E-state index is 0.113. The summed E-state index contributed by atoms with van der Waals surface area (Å²) in [4.78, 5) is 9.17. The fourth-order valence-electron chi connectivity index (χ4n) is 1.55. The summed E-state index contributed by atoms with van der Waals surface area (Å²) in [5.74, 6) is -1.11. The molecule has 2 aromatic rings. The lowest BCUT2D eigenvalue weighted by atomic mass is 10.3. The molecule has 1 N–H and O–H groups in total. The fraction of sp³-hybridized carbons (Fsp3) is 0.100. The van der Waals surface area contributed by atoms with Crippen LogP contribution >= 0.6 is 15.9 Å². The Hall–Kier alpha value is -2.01. The summed E-state index contributed by atoms with van der Waals surface area (Å²) in [6.45, 7) is 0. The van der Waals surface area contributed by atoms with Crippen molar-refractivity contribution in [3.05, 3.63) is 44.9 Å². The minimum Gasteiger partial charge on any atom is -0.276 e. The van der Waals surface area contributed by atoms with Gasteiger partial charge in [0.05, 0.1) is 21.3 Å². The van der Waals surface area contributed by atoms with Crippen LogP contribution in [-0.4, -0.2) is 23.1 Å². The van der Waals surface area contributed by atoms with Gasteiger partial charge in [0.15, 0.2) is 0 Å². The van der Waals surface area contributed by atoms with Crippen molar-refractivity contribution in [1.82, 2.24) is 9.78 Å². The number of rotatable bonds is 4. The standard InChI is InChI=1S/C10H8BrFN4O4S/c1-15-5-6(4-13-15)14-21(19,20)10-3-9(16(17)18)7(11)2-8(10)12/h2-5,14H,1H3. The third-order valence-corrected chi connectivity index (χ3v) is 4.48. The molecule has 0 radical (unpaired) electrons. The number of aromatic nitrogens is 2. The summed E-state index contributed by atoms with van der Waals surface area (Å²) in [6.07, 6.45) is 2.59. The van der Waals surface area contributed by atoms with Crippen molar-refractivity contribution < 1.29 is 17.7 Å². The summed E-state index contributed by atoms with van der Waals surface area (Å²) in [5.41, 5.74) is -0.439. The number of benzene rings is 1. The molecule has 1 heterocycles. The highest BCUT2D eigenvalue weighted by Crippen LogP contribution is 2.30. The molecule has 0 bridgehead atoms. The topological polar surface area (TPSA) is 107 Å². The van der Waals surface area contributed by atoms with E-state index >= 15 is 0 Å². The zero-order chi connectivity index (χ0) is 15.8. The number of nitro benzene ring substituents is 1. The zero-order valence-electron chi connectivity index (χ0n) is 10.4. The molecule has 0 saturated heterocycles. The van der Waals surface area contributed by atoms with Crippen LogP contribution in [0.15, 0.2) is 33.9 Å². The minimum atomic E-state index is -4.31. The average molecular weight is 379 g/mol. The molecule has 11 heteroatoms. The van der Waals surface area contributed by atoms with Crippen LogP contribution in [0.25, 0.3) is 0 Å². The molecule has 0 fully saturated rings. The highest BCUT2D eigenvalue weighted by molar-refractivity contribution is 9.10. The molecule has 0 unspecified atom stereocenters. The van der Waals surface area contributed by atoms with Crippen LogP contribution in [0.2, 0.25) is 0 Å². The quantitative estimate of drug-likeness (QED) is 0.646. The summed E-state index contributed by atoms with van der Waals surface area (Å²) >= 11 is 2.81. The normalized spacial score (nSPS) is 11.4. The third kappa shape index (κ3) is 3.19. The Balaban J connectivity index is 2.49. The summed E-state index contributed by atoms with van der Waals surface area (Å²) in [7, 11) is -2.73. The van der Waals surface area contributed by atoms with Gasteiger partial charge >= 0.3 is 0 Å². The van der Waals surface area contributed by atoms with Crippen molar-refractivity contribution in [3.63, 3.8) is 0 Å². The van der Waals surface area contributed by atoms with E-state index in [-0.39, 0.29) is 10.2 Å². The third-order valence-electron chi connectivity index (χ3n) is 2.44. The number of aryl methyl sites for hydroxylation is 1. The number of sulfonamides is 1. The first-order valence-electron chi connectivity index (χ1n) is 5.35. The molecule has 0 saturated carbocycles. The van der Waals surface area contributed by atoms with Gasteiger partial charge in [0.1, 0.15) is 10.7 Å². The van der Waals surface area contributed by atoms with E-state index < -0.39 is 31.3 Å². The molecule has 1 aromatic heterocycles. The number of anilines is 1. The largest absolute Gasteiger partial charge is 0.285 e. The molecule has 21 heavy (non-hydrogen) atoms. The predicted molar refractivity (Wildman–Crippen MR) is 74.8 cm³/mol. The van der Waals surface area contributed by atoms with E-state index in [1.54, 1.807) is 7.05 Å². The lowest BCUT2D eigenvalue weighted by molar-refractivity contribution is -0.385. The lowest BCUT2D eigenvalue weighted by Gasteiger charge is -2.07. The van der Waals surface area contributed by atoms with Gasteiger partial charge in [0.25, 0.3) is 15.7 Å². The van der Waals surface area contributed by atoms with Gasteiger partial charge in [-0.3, -0.25) is 19.5 Å². The van der Waals surface area contributed by atoms with Gasteiger partial charge in [-0.2, -0.15) is 5.10 Å². The van der Waals surface area contributed by atoms with Crippen molar-refractivity contribution in [2.24, 2.45) is 7.05 Å². The molecule has 0 aliphatic carbocycles. The molecule has 112 valence electrons. The van der Waals surface area contributed by atoms with Crippen molar-refractivity contribution in [3.8, 4) is 0 Å². The molecule has 0 aliphatic rings. The van der Waals surface area contributed by atoms with E-state index in [0.29, 0.717) is 6.07 Å². The van der Waals surface area contributed by atoms with Crippen molar-refractivity contribution in [2.45, 2.75) is 4.90 Å². The Morgan fingerprint density at radius 2 is 2.14 bits per heavy atom. The first-order valence-corrected chi connectivity index (χ1v) is 7.63. The van der Waals surface area contributed by atoms with Crippen molar-refractivity contribution >= 4 is 37.3 Å². The molecule has 1 aromatic carbocycles. The second-order valence-electron chi connectivity index (χ2n) is 4.00. The molecular weight excluding hydrogens is 371 g/mol. The maximum absolute atomic E-state index is 13.8. The van der Waals surface area contributed by atoms with Gasteiger partial charge in [-0.1, -0.05) is 0 Å². The van der Waals surface area contributed by atoms with Gasteiger partial charge in [-0.15, -0.1) is 0 Å². The van der Waals surface area contributed by atoms with Gasteiger partial charge in [0, 0.05) is 19.3 Å². The van der Waals surface area contributed by atoms with Crippen LogP contribution in [0.5, 0.6) is 0 Å². The van der Waals surface area contributed by atoms with Crippen LogP contribution in [0, 0.1) is 15.9 Å². The number of hydrogen-bond acceptors (Lipinski definition) is 5. The van der Waals surface area contributed by atoms with Crippen LogP contribution in [0.1, 0.15) is 0 Å². The van der Waals surface area contributed by atoms with Crippen LogP contribution in [-0.2, 0) is 17.1 Å². The number of hydrogen-bond donors (Lipinski definition) is 1. The second kappa shape index (κ2) is 5.41. The second-order valence-corrected chi connectivity index (χ2v) is 6.50. The Morgan fingerprint density at radius 1 is 1.48 bits per heavy atom. The van der Waals surface area contributed by atoms with Crippen LogP contribution in [0.3, 0.4) is 0 Å². The maximum atomic E-state index is 13.8. The Kier molecular flexibility index (Phi) is 3.96. The maximum Gasteiger partial charge on any atom is 0.285 e. The van der Waals surface area contributed by atoms with Gasteiger partial charge in [-0.25, -0.2) is 12.8 Å². The van der Waals surface area contributed by atoms with E-state index in [1.165, 1.54) is 17.1 Å². The van der Waals surface area contributed by atoms with E-state index in [2.05, 4.69) is 25.8 Å². The first kappa shape index (κ1) is 15.4.